The summed E-state index contributed by atoms with van der Waals surface area (Å²) in [6.45, 7) is 4.62. The second-order valence-corrected chi connectivity index (χ2v) is 3.06. The van der Waals surface area contributed by atoms with Crippen LogP contribution in [-0.2, 0) is 4.79 Å². The summed E-state index contributed by atoms with van der Waals surface area (Å²) in [6, 6.07) is -0.260. The molecule has 1 aliphatic rings. The monoisotopic (exact) mass is 156 g/mol. The maximum atomic E-state index is 11.0. The van der Waals surface area contributed by atoms with Gasteiger partial charge in [-0.3, -0.25) is 9.69 Å². The van der Waals surface area contributed by atoms with Crippen molar-refractivity contribution in [2.75, 3.05) is 13.1 Å². The van der Waals surface area contributed by atoms with E-state index in [0.29, 0.717) is 12.5 Å². The van der Waals surface area contributed by atoms with Crippen molar-refractivity contribution >= 4 is 11.9 Å². The zero-order valence-corrected chi connectivity index (χ0v) is 6.76. The normalized spacial score (nSPS) is 17.9. The van der Waals surface area contributed by atoms with Gasteiger partial charge in [-0.05, 0) is 5.92 Å². The molecule has 0 aromatic heterocycles. The molecule has 1 rings (SSSR count). The Bertz CT molecular complexity index is 173. The highest BCUT2D eigenvalue weighted by Crippen LogP contribution is 2.03. The van der Waals surface area contributed by atoms with E-state index in [9.17, 15) is 9.59 Å². The van der Waals surface area contributed by atoms with Crippen LogP contribution in [-0.4, -0.2) is 29.9 Å². The zero-order valence-electron chi connectivity index (χ0n) is 6.76. The fourth-order valence-electron chi connectivity index (χ4n) is 1.01. The first-order valence-corrected chi connectivity index (χ1v) is 3.69. The molecular weight excluding hydrogens is 144 g/mol. The van der Waals surface area contributed by atoms with Crippen molar-refractivity contribution in [1.29, 1.82) is 0 Å². The minimum Gasteiger partial charge on any atom is -0.329 e. The van der Waals surface area contributed by atoms with Crippen molar-refractivity contribution in [3.05, 3.63) is 0 Å². The molecule has 0 aliphatic carbocycles. The van der Waals surface area contributed by atoms with Crippen LogP contribution in [0.5, 0.6) is 0 Å². The number of amides is 3. The Morgan fingerprint density at radius 3 is 2.55 bits per heavy atom. The summed E-state index contributed by atoms with van der Waals surface area (Å²) in [7, 11) is 0. The van der Waals surface area contributed by atoms with E-state index in [1.165, 1.54) is 4.90 Å². The zero-order chi connectivity index (χ0) is 8.43. The Morgan fingerprint density at radius 2 is 2.18 bits per heavy atom. The van der Waals surface area contributed by atoms with Gasteiger partial charge in [-0.2, -0.15) is 0 Å². The van der Waals surface area contributed by atoms with Crippen molar-refractivity contribution in [3.63, 3.8) is 0 Å². The third kappa shape index (κ3) is 1.69. The van der Waals surface area contributed by atoms with E-state index in [1.807, 2.05) is 13.8 Å². The summed E-state index contributed by atoms with van der Waals surface area (Å²) in [5, 5.41) is 2.46. The second kappa shape index (κ2) is 2.90. The topological polar surface area (TPSA) is 49.4 Å². The van der Waals surface area contributed by atoms with Crippen molar-refractivity contribution < 1.29 is 9.59 Å². The SMILES string of the molecule is CC(C)CN1C(=O)CNC1=O. The molecule has 11 heavy (non-hydrogen) atoms. The molecule has 1 aliphatic heterocycles. The third-order valence-electron chi connectivity index (χ3n) is 1.48. The molecule has 1 fully saturated rings. The molecule has 0 unspecified atom stereocenters. The number of hydrogen-bond donors (Lipinski definition) is 1. The van der Waals surface area contributed by atoms with Crippen LogP contribution >= 0.6 is 0 Å². The van der Waals surface area contributed by atoms with Crippen molar-refractivity contribution in [2.24, 2.45) is 5.92 Å². The van der Waals surface area contributed by atoms with Crippen molar-refractivity contribution in [2.45, 2.75) is 13.8 Å². The van der Waals surface area contributed by atoms with Crippen LogP contribution in [0.4, 0.5) is 4.79 Å². The fraction of sp³-hybridized carbons (Fsp3) is 0.714. The summed E-state index contributed by atoms with van der Waals surface area (Å²) < 4.78 is 0. The quantitative estimate of drug-likeness (QED) is 0.580. The lowest BCUT2D eigenvalue weighted by Gasteiger charge is -2.13. The largest absolute Gasteiger partial charge is 0.329 e. The van der Waals surface area contributed by atoms with Gasteiger partial charge >= 0.3 is 6.03 Å². The number of rotatable bonds is 2. The molecular formula is C7H12N2O2. The van der Waals surface area contributed by atoms with Crippen LogP contribution in [0.15, 0.2) is 0 Å². The second-order valence-electron chi connectivity index (χ2n) is 3.06. The molecule has 0 aromatic rings. The highest BCUT2D eigenvalue weighted by molar-refractivity contribution is 6.01. The van der Waals surface area contributed by atoms with Gasteiger partial charge in [0.25, 0.3) is 0 Å². The van der Waals surface area contributed by atoms with E-state index in [4.69, 9.17) is 0 Å². The smallest absolute Gasteiger partial charge is 0.324 e. The maximum absolute atomic E-state index is 11.0. The molecule has 62 valence electrons. The highest BCUT2D eigenvalue weighted by Gasteiger charge is 2.28. The number of nitrogens with one attached hydrogen (secondary N) is 1. The van der Waals surface area contributed by atoms with Gasteiger partial charge < -0.3 is 5.32 Å². The molecule has 1 N–H and O–H groups in total. The Morgan fingerprint density at radius 1 is 1.55 bits per heavy atom. The minimum absolute atomic E-state index is 0.122. The standard InChI is InChI=1S/C7H12N2O2/c1-5(2)4-9-6(10)3-8-7(9)11/h5H,3-4H2,1-2H3,(H,8,11). The third-order valence-corrected chi connectivity index (χ3v) is 1.48. The summed E-state index contributed by atoms with van der Waals surface area (Å²) in [6.07, 6.45) is 0. The predicted molar refractivity (Wildman–Crippen MR) is 39.9 cm³/mol. The van der Waals surface area contributed by atoms with Gasteiger partial charge in [-0.15, -0.1) is 0 Å². The van der Waals surface area contributed by atoms with E-state index in [-0.39, 0.29) is 18.5 Å². The number of carbonyl (C=O) groups excluding carboxylic acids is 2. The van der Waals surface area contributed by atoms with Crippen LogP contribution < -0.4 is 5.32 Å². The van der Waals surface area contributed by atoms with E-state index >= 15 is 0 Å². The lowest BCUT2D eigenvalue weighted by Crippen LogP contribution is -2.34. The molecule has 0 atom stereocenters. The molecule has 4 heteroatoms. The molecule has 0 saturated carbocycles. The lowest BCUT2D eigenvalue weighted by atomic mass is 10.2. The average Bonchev–Trinajstić information content (AvgIpc) is 2.18. The van der Waals surface area contributed by atoms with E-state index in [2.05, 4.69) is 5.32 Å². The summed E-state index contributed by atoms with van der Waals surface area (Å²) >= 11 is 0. The van der Waals surface area contributed by atoms with Gasteiger partial charge in [0.15, 0.2) is 0 Å². The first kappa shape index (κ1) is 8.04. The number of urea groups is 1. The summed E-state index contributed by atoms with van der Waals surface area (Å²) in [5.74, 6) is 0.214. The van der Waals surface area contributed by atoms with E-state index in [1.54, 1.807) is 0 Å². The molecule has 1 saturated heterocycles. The molecule has 0 aromatic carbocycles. The van der Waals surface area contributed by atoms with Gasteiger partial charge in [0, 0.05) is 6.54 Å². The number of nitrogens with zero attached hydrogens (tertiary/aromatic N) is 1. The van der Waals surface area contributed by atoms with Crippen molar-refractivity contribution in [1.82, 2.24) is 10.2 Å². The Kier molecular flexibility index (Phi) is 2.12. The number of hydrogen-bond acceptors (Lipinski definition) is 2. The highest BCUT2D eigenvalue weighted by atomic mass is 16.2. The van der Waals surface area contributed by atoms with E-state index in [0.717, 1.165) is 0 Å². The summed E-state index contributed by atoms with van der Waals surface area (Å²) in [5.41, 5.74) is 0. The Hall–Kier alpha value is -1.06. The number of carbonyl (C=O) groups is 2. The molecule has 4 nitrogen and oxygen atoms in total. The van der Waals surface area contributed by atoms with Crippen LogP contribution in [0.3, 0.4) is 0 Å². The number of imide groups is 1. The Labute approximate surface area is 65.6 Å². The summed E-state index contributed by atoms with van der Waals surface area (Å²) in [4.78, 5) is 23.1. The van der Waals surface area contributed by atoms with Crippen LogP contribution in [0, 0.1) is 5.92 Å². The minimum atomic E-state index is -0.260. The molecule has 0 radical (unpaired) electrons. The molecule has 0 bridgehead atoms. The van der Waals surface area contributed by atoms with Crippen LogP contribution in [0.1, 0.15) is 13.8 Å². The fourth-order valence-corrected chi connectivity index (χ4v) is 1.01. The maximum Gasteiger partial charge on any atom is 0.324 e. The predicted octanol–water partition coefficient (Wildman–Crippen LogP) is 0.194. The lowest BCUT2D eigenvalue weighted by molar-refractivity contribution is -0.125. The van der Waals surface area contributed by atoms with Gasteiger partial charge in [0.05, 0.1) is 6.54 Å². The van der Waals surface area contributed by atoms with Gasteiger partial charge in [0.2, 0.25) is 5.91 Å². The van der Waals surface area contributed by atoms with Crippen molar-refractivity contribution in [3.8, 4) is 0 Å². The van der Waals surface area contributed by atoms with Gasteiger partial charge in [0.1, 0.15) is 0 Å². The first-order chi connectivity index (χ1) is 5.11. The van der Waals surface area contributed by atoms with Crippen LogP contribution in [0.25, 0.3) is 0 Å². The van der Waals surface area contributed by atoms with Gasteiger partial charge in [-0.25, -0.2) is 4.79 Å². The van der Waals surface area contributed by atoms with Crippen LogP contribution in [0.2, 0.25) is 0 Å². The molecule has 3 amide bonds. The average molecular weight is 156 g/mol. The molecule has 1 heterocycles. The van der Waals surface area contributed by atoms with Gasteiger partial charge in [-0.1, -0.05) is 13.8 Å². The Balaban J connectivity index is 2.55. The first-order valence-electron chi connectivity index (χ1n) is 3.69. The molecule has 0 spiro atoms. The van der Waals surface area contributed by atoms with E-state index < -0.39 is 0 Å².